The number of halogens is 2. The minimum absolute atomic E-state index is 0.115. The molecule has 0 unspecified atom stereocenters. The number of aryl methyl sites for hydroxylation is 1. The van der Waals surface area contributed by atoms with Gasteiger partial charge in [0, 0.05) is 5.56 Å². The van der Waals surface area contributed by atoms with E-state index >= 15 is 0 Å². The fourth-order valence-electron chi connectivity index (χ4n) is 1.91. The largest absolute Gasteiger partial charge is 0.366 e. The first-order valence-electron chi connectivity index (χ1n) is 6.02. The number of carbonyl (C=O) groups is 1. The van der Waals surface area contributed by atoms with E-state index in [0.717, 1.165) is 11.6 Å². The fraction of sp³-hybridized carbons (Fsp3) is 0.133. The summed E-state index contributed by atoms with van der Waals surface area (Å²) in [6.45, 7) is 3.26. The first kappa shape index (κ1) is 14.0. The van der Waals surface area contributed by atoms with Gasteiger partial charge in [0.25, 0.3) is 5.91 Å². The number of nitrogens with two attached hydrogens (primary N) is 1. The van der Waals surface area contributed by atoms with Crippen molar-refractivity contribution in [3.63, 3.8) is 0 Å². The average molecular weight is 276 g/mol. The number of benzene rings is 2. The Hall–Kier alpha value is -2.43. The first-order chi connectivity index (χ1) is 9.40. The number of rotatable bonds is 3. The second kappa shape index (κ2) is 5.28. The van der Waals surface area contributed by atoms with Crippen molar-refractivity contribution >= 4 is 17.3 Å². The Bertz CT molecular complexity index is 684. The molecule has 0 radical (unpaired) electrons. The van der Waals surface area contributed by atoms with Crippen LogP contribution in [0.5, 0.6) is 0 Å². The van der Waals surface area contributed by atoms with Gasteiger partial charge in [-0.2, -0.15) is 0 Å². The average Bonchev–Trinajstić information content (AvgIpc) is 2.37. The number of amides is 1. The number of primary amides is 1. The van der Waals surface area contributed by atoms with Crippen molar-refractivity contribution in [2.45, 2.75) is 13.8 Å². The maximum absolute atomic E-state index is 13.8. The van der Waals surface area contributed by atoms with Crippen LogP contribution in [0.4, 0.5) is 20.2 Å². The van der Waals surface area contributed by atoms with E-state index in [0.29, 0.717) is 0 Å². The molecule has 3 N–H and O–H groups in total. The molecule has 0 aliphatic rings. The normalized spacial score (nSPS) is 10.4. The fourth-order valence-corrected chi connectivity index (χ4v) is 1.91. The van der Waals surface area contributed by atoms with E-state index in [4.69, 9.17) is 5.73 Å². The molecule has 0 bridgehead atoms. The van der Waals surface area contributed by atoms with Gasteiger partial charge in [0.05, 0.1) is 16.9 Å². The van der Waals surface area contributed by atoms with Crippen LogP contribution in [0.2, 0.25) is 0 Å². The minimum atomic E-state index is -0.705. The van der Waals surface area contributed by atoms with Gasteiger partial charge in [0.2, 0.25) is 0 Å². The Labute approximate surface area is 115 Å². The molecule has 2 aromatic rings. The van der Waals surface area contributed by atoms with Gasteiger partial charge in [-0.1, -0.05) is 6.07 Å². The molecule has 104 valence electrons. The molecule has 0 saturated carbocycles. The van der Waals surface area contributed by atoms with Crippen molar-refractivity contribution < 1.29 is 13.6 Å². The molecule has 2 aromatic carbocycles. The summed E-state index contributed by atoms with van der Waals surface area (Å²) >= 11 is 0. The Morgan fingerprint density at radius 1 is 1.10 bits per heavy atom. The topological polar surface area (TPSA) is 55.1 Å². The molecule has 3 nitrogen and oxygen atoms in total. The molecule has 2 rings (SSSR count). The van der Waals surface area contributed by atoms with Gasteiger partial charge in [-0.3, -0.25) is 4.79 Å². The molecule has 0 spiro atoms. The number of hydrogen-bond donors (Lipinski definition) is 2. The third-order valence-electron chi connectivity index (χ3n) is 3.05. The highest BCUT2D eigenvalue weighted by Gasteiger charge is 2.15. The van der Waals surface area contributed by atoms with Crippen molar-refractivity contribution in [3.8, 4) is 0 Å². The van der Waals surface area contributed by atoms with Crippen LogP contribution in [0.1, 0.15) is 21.5 Å². The first-order valence-corrected chi connectivity index (χ1v) is 6.02. The summed E-state index contributed by atoms with van der Waals surface area (Å²) in [7, 11) is 0. The van der Waals surface area contributed by atoms with E-state index in [1.165, 1.54) is 25.1 Å². The van der Waals surface area contributed by atoms with Gasteiger partial charge < -0.3 is 11.1 Å². The van der Waals surface area contributed by atoms with Gasteiger partial charge in [0.1, 0.15) is 11.6 Å². The Kier molecular flexibility index (Phi) is 3.70. The van der Waals surface area contributed by atoms with Gasteiger partial charge in [-0.05, 0) is 43.7 Å². The summed E-state index contributed by atoms with van der Waals surface area (Å²) in [6.07, 6.45) is 0. The predicted octanol–water partition coefficient (Wildman–Crippen LogP) is 3.42. The molecule has 20 heavy (non-hydrogen) atoms. The lowest BCUT2D eigenvalue weighted by molar-refractivity contribution is 0.100. The van der Waals surface area contributed by atoms with Crippen LogP contribution in [-0.2, 0) is 0 Å². The van der Waals surface area contributed by atoms with Gasteiger partial charge in [0.15, 0.2) is 0 Å². The SMILES string of the molecule is Cc1ccc(Nc2c(C(N)=O)ccc(F)c2C)c(F)c1. The molecular formula is C15H14F2N2O. The number of carbonyl (C=O) groups excluding carboxylic acids is 1. The Balaban J connectivity index is 2.52. The third-order valence-corrected chi connectivity index (χ3v) is 3.05. The van der Waals surface area contributed by atoms with Gasteiger partial charge in [-0.15, -0.1) is 0 Å². The zero-order valence-electron chi connectivity index (χ0n) is 11.1. The Morgan fingerprint density at radius 3 is 2.40 bits per heavy atom. The highest BCUT2D eigenvalue weighted by molar-refractivity contribution is 6.00. The Morgan fingerprint density at radius 2 is 1.80 bits per heavy atom. The van der Waals surface area contributed by atoms with Gasteiger partial charge in [-0.25, -0.2) is 8.78 Å². The summed E-state index contributed by atoms with van der Waals surface area (Å²) < 4.78 is 27.4. The lowest BCUT2D eigenvalue weighted by atomic mass is 10.1. The van der Waals surface area contributed by atoms with Crippen LogP contribution in [0.25, 0.3) is 0 Å². The third kappa shape index (κ3) is 2.61. The van der Waals surface area contributed by atoms with Crippen molar-refractivity contribution in [2.75, 3.05) is 5.32 Å². The summed E-state index contributed by atoms with van der Waals surface area (Å²) in [5.74, 6) is -1.68. The molecule has 0 aromatic heterocycles. The lowest BCUT2D eigenvalue weighted by Crippen LogP contribution is -2.15. The van der Waals surface area contributed by atoms with Crippen molar-refractivity contribution in [3.05, 3.63) is 58.7 Å². The molecule has 0 heterocycles. The monoisotopic (exact) mass is 276 g/mol. The van der Waals surface area contributed by atoms with Crippen molar-refractivity contribution in [2.24, 2.45) is 5.73 Å². The summed E-state index contributed by atoms with van der Waals surface area (Å²) in [4.78, 5) is 11.4. The highest BCUT2D eigenvalue weighted by atomic mass is 19.1. The lowest BCUT2D eigenvalue weighted by Gasteiger charge is -2.14. The number of anilines is 2. The smallest absolute Gasteiger partial charge is 0.250 e. The van der Waals surface area contributed by atoms with Crippen molar-refractivity contribution in [1.29, 1.82) is 0 Å². The molecule has 5 heteroatoms. The second-order valence-corrected chi connectivity index (χ2v) is 4.57. The molecule has 0 atom stereocenters. The minimum Gasteiger partial charge on any atom is -0.366 e. The zero-order chi connectivity index (χ0) is 14.9. The highest BCUT2D eigenvalue weighted by Crippen LogP contribution is 2.28. The van der Waals surface area contributed by atoms with Crippen LogP contribution in [0.3, 0.4) is 0 Å². The molecule has 0 saturated heterocycles. The van der Waals surface area contributed by atoms with E-state index in [1.54, 1.807) is 13.0 Å². The van der Waals surface area contributed by atoms with Crippen LogP contribution >= 0.6 is 0 Å². The van der Waals surface area contributed by atoms with E-state index in [9.17, 15) is 13.6 Å². The van der Waals surface area contributed by atoms with Crippen LogP contribution in [-0.4, -0.2) is 5.91 Å². The molecule has 1 amide bonds. The van der Waals surface area contributed by atoms with E-state index in [-0.39, 0.29) is 22.5 Å². The van der Waals surface area contributed by atoms with E-state index in [1.807, 2.05) is 0 Å². The zero-order valence-corrected chi connectivity index (χ0v) is 11.1. The van der Waals surface area contributed by atoms with Crippen LogP contribution in [0, 0.1) is 25.5 Å². The summed E-state index contributed by atoms with van der Waals surface area (Å²) in [5.41, 5.74) is 6.68. The molecular weight excluding hydrogens is 262 g/mol. The standard InChI is InChI=1S/C15H14F2N2O/c1-8-3-6-13(12(17)7-8)19-14-9(2)11(16)5-4-10(14)15(18)20/h3-7,19H,1-2H3,(H2,18,20). The summed E-state index contributed by atoms with van der Waals surface area (Å²) in [5, 5.41) is 2.74. The number of nitrogens with one attached hydrogen (secondary N) is 1. The maximum Gasteiger partial charge on any atom is 0.250 e. The summed E-state index contributed by atoms with van der Waals surface area (Å²) in [6, 6.07) is 7.02. The van der Waals surface area contributed by atoms with E-state index < -0.39 is 17.5 Å². The maximum atomic E-state index is 13.8. The molecule has 0 aliphatic carbocycles. The molecule has 0 aliphatic heterocycles. The van der Waals surface area contributed by atoms with Crippen LogP contribution in [0.15, 0.2) is 30.3 Å². The van der Waals surface area contributed by atoms with Gasteiger partial charge >= 0.3 is 0 Å². The second-order valence-electron chi connectivity index (χ2n) is 4.57. The quantitative estimate of drug-likeness (QED) is 0.902. The van der Waals surface area contributed by atoms with Crippen molar-refractivity contribution in [1.82, 2.24) is 0 Å². The number of hydrogen-bond acceptors (Lipinski definition) is 2. The van der Waals surface area contributed by atoms with E-state index in [2.05, 4.69) is 5.32 Å². The predicted molar refractivity (Wildman–Crippen MR) is 74.1 cm³/mol. The van der Waals surface area contributed by atoms with Crippen LogP contribution < -0.4 is 11.1 Å². The molecule has 0 fully saturated rings.